The summed E-state index contributed by atoms with van der Waals surface area (Å²) in [5, 5.41) is 4.97. The summed E-state index contributed by atoms with van der Waals surface area (Å²) in [7, 11) is 0. The molecule has 1 aliphatic heterocycles. The number of hydrogen-bond acceptors (Lipinski definition) is 1. The number of benzene rings is 9. The fraction of sp³-hybridized carbons (Fsp3) is 0.0179. The van der Waals surface area contributed by atoms with E-state index in [1.54, 1.807) is 0 Å². The minimum Gasteiger partial charge on any atom is -0.309 e. The topological polar surface area (TPSA) is 27.7 Å². The number of nitrogens with zero attached hydrogens (tertiary/aromatic N) is 4. The zero-order valence-corrected chi connectivity index (χ0v) is 32.4. The first-order valence-corrected chi connectivity index (χ1v) is 20.7. The smallest absolute Gasteiger partial charge is 0.134 e. The Hall–Kier alpha value is -7.95. The van der Waals surface area contributed by atoms with Crippen molar-refractivity contribution in [3.8, 4) is 39.3 Å². The van der Waals surface area contributed by atoms with E-state index in [-0.39, 0.29) is 0 Å². The molecule has 9 aromatic carbocycles. The normalized spacial score (nSPS) is 13.5. The van der Waals surface area contributed by atoms with Gasteiger partial charge in [0.15, 0.2) is 0 Å². The molecule has 0 amide bonds. The molecule has 0 bridgehead atoms. The summed E-state index contributed by atoms with van der Waals surface area (Å²) in [4.78, 5) is 5.64. The number of rotatable bonds is 3. The van der Waals surface area contributed by atoms with Gasteiger partial charge in [0, 0.05) is 32.9 Å². The van der Waals surface area contributed by atoms with Crippen LogP contribution < -0.4 is 0 Å². The summed E-state index contributed by atoms with van der Waals surface area (Å²) >= 11 is 0. The molecule has 0 saturated heterocycles. The lowest BCUT2D eigenvalue weighted by Gasteiger charge is -2.27. The summed E-state index contributed by atoms with van der Waals surface area (Å²) in [5.74, 6) is 1.06. The first-order chi connectivity index (χ1) is 29.8. The van der Waals surface area contributed by atoms with E-state index in [0.29, 0.717) is 0 Å². The summed E-state index contributed by atoms with van der Waals surface area (Å²) in [5.41, 5.74) is 18.7. The molecule has 4 nitrogen and oxygen atoms in total. The second-order valence-corrected chi connectivity index (χ2v) is 16.3. The predicted molar refractivity (Wildman–Crippen MR) is 246 cm³/mol. The Bertz CT molecular complexity index is 3740. The third-order valence-electron chi connectivity index (χ3n) is 13.4. The first kappa shape index (κ1) is 32.1. The molecule has 12 aromatic rings. The van der Waals surface area contributed by atoms with E-state index in [1.807, 2.05) is 0 Å². The maximum atomic E-state index is 5.64. The van der Waals surface area contributed by atoms with Crippen LogP contribution in [-0.2, 0) is 5.41 Å². The molecule has 0 N–H and O–H groups in total. The highest BCUT2D eigenvalue weighted by molar-refractivity contribution is 6.13. The van der Waals surface area contributed by atoms with Gasteiger partial charge >= 0.3 is 0 Å². The second-order valence-electron chi connectivity index (χ2n) is 16.3. The van der Waals surface area contributed by atoms with E-state index in [2.05, 4.69) is 220 Å². The number of hydrogen-bond donors (Lipinski definition) is 0. The van der Waals surface area contributed by atoms with E-state index in [1.165, 1.54) is 93.9 Å². The first-order valence-electron chi connectivity index (χ1n) is 20.7. The van der Waals surface area contributed by atoms with Gasteiger partial charge in [-0.05, 0) is 112 Å². The van der Waals surface area contributed by atoms with Gasteiger partial charge in [0.1, 0.15) is 11.2 Å². The minimum atomic E-state index is -0.494. The van der Waals surface area contributed by atoms with Gasteiger partial charge in [0.25, 0.3) is 0 Å². The highest BCUT2D eigenvalue weighted by Gasteiger charge is 2.54. The van der Waals surface area contributed by atoms with Crippen molar-refractivity contribution in [3.63, 3.8) is 0 Å². The van der Waals surface area contributed by atoms with E-state index < -0.39 is 5.41 Å². The molecule has 0 saturated carbocycles. The summed E-state index contributed by atoms with van der Waals surface area (Å²) in [6, 6.07) is 75.7. The molecule has 4 heteroatoms. The van der Waals surface area contributed by atoms with Crippen LogP contribution >= 0.6 is 0 Å². The van der Waals surface area contributed by atoms with Gasteiger partial charge in [0.05, 0.1) is 38.8 Å². The molecular formula is C56H34N4. The minimum absolute atomic E-state index is 0.494. The van der Waals surface area contributed by atoms with Crippen LogP contribution in [0.2, 0.25) is 0 Å². The lowest BCUT2D eigenvalue weighted by molar-refractivity contribution is 0.738. The number of fused-ring (bicyclic) bond motifs is 18. The van der Waals surface area contributed by atoms with Crippen molar-refractivity contribution in [2.24, 2.45) is 0 Å². The zero-order valence-electron chi connectivity index (χ0n) is 32.4. The van der Waals surface area contributed by atoms with Crippen molar-refractivity contribution < 1.29 is 0 Å². The Morgan fingerprint density at radius 3 is 1.48 bits per heavy atom. The summed E-state index contributed by atoms with van der Waals surface area (Å²) < 4.78 is 7.21. The van der Waals surface area contributed by atoms with E-state index in [4.69, 9.17) is 4.98 Å². The van der Waals surface area contributed by atoms with Crippen molar-refractivity contribution in [3.05, 3.63) is 229 Å². The highest BCUT2D eigenvalue weighted by Crippen LogP contribution is 2.60. The van der Waals surface area contributed by atoms with Gasteiger partial charge in [-0.25, -0.2) is 4.98 Å². The Morgan fingerprint density at radius 1 is 0.333 bits per heavy atom. The summed E-state index contributed by atoms with van der Waals surface area (Å²) in [6.45, 7) is 0. The third-order valence-corrected chi connectivity index (χ3v) is 13.4. The average Bonchev–Trinajstić information content (AvgIpc) is 4.09. The van der Waals surface area contributed by atoms with Gasteiger partial charge in [-0.15, -0.1) is 0 Å². The highest BCUT2D eigenvalue weighted by atomic mass is 15.1. The molecule has 278 valence electrons. The van der Waals surface area contributed by atoms with Crippen LogP contribution in [0.15, 0.2) is 206 Å². The van der Waals surface area contributed by atoms with Crippen molar-refractivity contribution in [1.82, 2.24) is 18.7 Å². The molecule has 0 unspecified atom stereocenters. The molecule has 0 atom stereocenters. The molecular weight excluding hydrogens is 729 g/mol. The van der Waals surface area contributed by atoms with Crippen LogP contribution in [0, 0.1) is 0 Å². The molecule has 0 radical (unpaired) electrons. The van der Waals surface area contributed by atoms with Gasteiger partial charge in [-0.1, -0.05) is 133 Å². The van der Waals surface area contributed by atoms with Crippen LogP contribution in [0.1, 0.15) is 22.5 Å². The molecule has 60 heavy (non-hydrogen) atoms. The molecule has 3 aromatic heterocycles. The average molecular weight is 763 g/mol. The van der Waals surface area contributed by atoms with Crippen LogP contribution in [0.5, 0.6) is 0 Å². The maximum absolute atomic E-state index is 5.64. The largest absolute Gasteiger partial charge is 0.309 e. The van der Waals surface area contributed by atoms with Gasteiger partial charge < -0.3 is 9.13 Å². The lowest BCUT2D eigenvalue weighted by atomic mass is 9.73. The molecule has 0 fully saturated rings. The third kappa shape index (κ3) is 3.97. The summed E-state index contributed by atoms with van der Waals surface area (Å²) in [6.07, 6.45) is 0. The van der Waals surface area contributed by atoms with Gasteiger partial charge in [0.2, 0.25) is 0 Å². The molecule has 2 aliphatic rings. The van der Waals surface area contributed by atoms with Crippen LogP contribution in [0.4, 0.5) is 0 Å². The van der Waals surface area contributed by atoms with E-state index in [9.17, 15) is 0 Å². The molecule has 4 heterocycles. The second kappa shape index (κ2) is 11.6. The Labute approximate surface area is 345 Å². The van der Waals surface area contributed by atoms with E-state index >= 15 is 0 Å². The number of aromatic nitrogens is 4. The number of para-hydroxylation sites is 4. The fourth-order valence-corrected chi connectivity index (χ4v) is 11.0. The van der Waals surface area contributed by atoms with Gasteiger partial charge in [-0.2, -0.15) is 0 Å². The molecule has 1 aliphatic carbocycles. The standard InChI is InChI=1S/C56H34N4/c1-2-14-37(15-3-1)58-49-23-11-6-18-41(49)43-32-35(26-29-51(43)58)36-27-30-52-44(33-36)42-19-7-12-24-50(42)59(52)38-28-31-54-48(34-38)57-55-56(47-22-10-13-25-53(47)60(54)55)45-20-8-4-16-39(45)40-17-5-9-21-46(40)56/h1-34H. The molecule has 14 rings (SSSR count). The Kier molecular flexibility index (Phi) is 6.19. The number of imidazole rings is 1. The van der Waals surface area contributed by atoms with Crippen molar-refractivity contribution in [1.29, 1.82) is 0 Å². The predicted octanol–water partition coefficient (Wildman–Crippen LogP) is 13.6. The maximum Gasteiger partial charge on any atom is 0.134 e. The van der Waals surface area contributed by atoms with Gasteiger partial charge in [-0.3, -0.25) is 4.57 Å². The quantitative estimate of drug-likeness (QED) is 0.176. The Morgan fingerprint density at radius 2 is 0.833 bits per heavy atom. The monoisotopic (exact) mass is 762 g/mol. The van der Waals surface area contributed by atoms with Crippen LogP contribution in [0.3, 0.4) is 0 Å². The van der Waals surface area contributed by atoms with Crippen LogP contribution in [0.25, 0.3) is 94.0 Å². The van der Waals surface area contributed by atoms with E-state index in [0.717, 1.165) is 22.5 Å². The van der Waals surface area contributed by atoms with Crippen molar-refractivity contribution in [2.45, 2.75) is 5.41 Å². The SMILES string of the molecule is c1ccc(-n2c3ccccc3c3cc(-c4ccc5c(c4)c4ccccc4n5-c4ccc5c(c4)nc4n5-c5ccccc5C45c4ccccc4-c4ccccc45)ccc32)cc1. The van der Waals surface area contributed by atoms with Crippen molar-refractivity contribution >= 4 is 54.6 Å². The fourth-order valence-electron chi connectivity index (χ4n) is 11.0. The lowest BCUT2D eigenvalue weighted by Crippen LogP contribution is -2.27. The van der Waals surface area contributed by atoms with Crippen LogP contribution in [-0.4, -0.2) is 18.7 Å². The zero-order chi connectivity index (χ0) is 39.1. The Balaban J connectivity index is 0.949. The molecule has 1 spiro atoms. The van der Waals surface area contributed by atoms with Crippen molar-refractivity contribution in [2.75, 3.05) is 0 Å².